The Hall–Kier alpha value is -1.87. The Morgan fingerprint density at radius 2 is 1.84 bits per heavy atom. The van der Waals surface area contributed by atoms with E-state index in [0.717, 1.165) is 16.7 Å². The second kappa shape index (κ2) is 5.41. The Kier molecular flexibility index (Phi) is 3.86. The van der Waals surface area contributed by atoms with Gasteiger partial charge in [0.1, 0.15) is 10.9 Å². The summed E-state index contributed by atoms with van der Waals surface area (Å²) in [6.45, 7) is 5.83. The van der Waals surface area contributed by atoms with Gasteiger partial charge in [-0.1, -0.05) is 23.7 Å². The summed E-state index contributed by atoms with van der Waals surface area (Å²) in [6.07, 6.45) is 1.48. The number of hydrogen-bond donors (Lipinski definition) is 0. The molecule has 3 nitrogen and oxygen atoms in total. The molecule has 0 saturated heterocycles. The van der Waals surface area contributed by atoms with Crippen molar-refractivity contribution in [3.8, 4) is 5.75 Å². The maximum Gasteiger partial charge on any atom is 0.343 e. The molecule has 0 aliphatic heterocycles. The lowest BCUT2D eigenvalue weighted by atomic mass is 10.1. The Morgan fingerprint density at radius 1 is 1.16 bits per heavy atom. The third kappa shape index (κ3) is 2.93. The van der Waals surface area contributed by atoms with E-state index in [0.29, 0.717) is 11.3 Å². The summed E-state index contributed by atoms with van der Waals surface area (Å²) in [5.74, 6) is 0.180. The minimum absolute atomic E-state index is 0.270. The summed E-state index contributed by atoms with van der Waals surface area (Å²) in [6, 6.07) is 7.01. The monoisotopic (exact) mass is 275 g/mol. The molecule has 0 N–H and O–H groups in total. The van der Waals surface area contributed by atoms with Gasteiger partial charge in [0.2, 0.25) is 0 Å². The van der Waals surface area contributed by atoms with Crippen LogP contribution < -0.4 is 4.74 Å². The average Bonchev–Trinajstić information content (AvgIpc) is 2.39. The number of benzene rings is 1. The second-order valence-electron chi connectivity index (χ2n) is 4.41. The van der Waals surface area contributed by atoms with Crippen molar-refractivity contribution in [3.05, 3.63) is 57.9 Å². The second-order valence-corrected chi connectivity index (χ2v) is 4.80. The van der Waals surface area contributed by atoms with Gasteiger partial charge in [0.05, 0.1) is 5.56 Å². The summed E-state index contributed by atoms with van der Waals surface area (Å²) in [7, 11) is 0. The first-order chi connectivity index (χ1) is 8.99. The lowest BCUT2D eigenvalue weighted by molar-refractivity contribution is 0.0732. The van der Waals surface area contributed by atoms with E-state index in [4.69, 9.17) is 16.3 Å². The van der Waals surface area contributed by atoms with E-state index in [9.17, 15) is 4.79 Å². The number of carbonyl (C=O) groups excluding carboxylic acids is 1. The lowest BCUT2D eigenvalue weighted by Gasteiger charge is -2.12. The quantitative estimate of drug-likeness (QED) is 0.474. The van der Waals surface area contributed by atoms with Crippen LogP contribution in [0.2, 0.25) is 5.15 Å². The number of aryl methyl sites for hydroxylation is 2. The molecule has 0 atom stereocenters. The van der Waals surface area contributed by atoms with Gasteiger partial charge in [-0.05, 0) is 49.6 Å². The third-order valence-corrected chi connectivity index (χ3v) is 3.24. The highest BCUT2D eigenvalue weighted by Crippen LogP contribution is 2.26. The summed E-state index contributed by atoms with van der Waals surface area (Å²) >= 11 is 5.76. The van der Waals surface area contributed by atoms with Crippen molar-refractivity contribution in [1.29, 1.82) is 0 Å². The topological polar surface area (TPSA) is 39.2 Å². The summed E-state index contributed by atoms with van der Waals surface area (Å²) in [4.78, 5) is 15.9. The van der Waals surface area contributed by atoms with E-state index in [-0.39, 0.29) is 5.15 Å². The van der Waals surface area contributed by atoms with Crippen molar-refractivity contribution < 1.29 is 9.53 Å². The molecule has 0 aliphatic carbocycles. The average molecular weight is 276 g/mol. The Labute approximate surface area is 117 Å². The molecule has 0 spiro atoms. The highest BCUT2D eigenvalue weighted by Gasteiger charge is 2.13. The zero-order chi connectivity index (χ0) is 14.0. The van der Waals surface area contributed by atoms with Crippen LogP contribution in [0.3, 0.4) is 0 Å². The third-order valence-electron chi connectivity index (χ3n) is 3.03. The van der Waals surface area contributed by atoms with Crippen LogP contribution in [0.25, 0.3) is 0 Å². The Morgan fingerprint density at radius 3 is 2.53 bits per heavy atom. The predicted molar refractivity (Wildman–Crippen MR) is 74.9 cm³/mol. The number of ether oxygens (including phenoxy) is 1. The Bertz CT molecular complexity index is 638. The maximum atomic E-state index is 12.1. The molecule has 98 valence electrons. The van der Waals surface area contributed by atoms with Gasteiger partial charge in [-0.3, -0.25) is 0 Å². The zero-order valence-electron chi connectivity index (χ0n) is 11.0. The lowest BCUT2D eigenvalue weighted by Crippen LogP contribution is -2.10. The number of carbonyl (C=O) groups is 1. The van der Waals surface area contributed by atoms with E-state index in [1.807, 2.05) is 32.9 Å². The van der Waals surface area contributed by atoms with E-state index >= 15 is 0 Å². The van der Waals surface area contributed by atoms with Gasteiger partial charge in [0.15, 0.2) is 0 Å². The van der Waals surface area contributed by atoms with Crippen molar-refractivity contribution in [2.45, 2.75) is 20.8 Å². The minimum atomic E-state index is -0.430. The fourth-order valence-electron chi connectivity index (χ4n) is 1.76. The molecule has 0 amide bonds. The molecule has 19 heavy (non-hydrogen) atoms. The molecule has 1 heterocycles. The zero-order valence-corrected chi connectivity index (χ0v) is 11.8. The molecule has 0 unspecified atom stereocenters. The molecule has 0 radical (unpaired) electrons. The molecule has 4 heteroatoms. The molecule has 0 fully saturated rings. The molecule has 2 rings (SSSR count). The first-order valence-electron chi connectivity index (χ1n) is 5.89. The number of pyridine rings is 1. The van der Waals surface area contributed by atoms with Gasteiger partial charge in [0.25, 0.3) is 0 Å². The highest BCUT2D eigenvalue weighted by atomic mass is 35.5. The minimum Gasteiger partial charge on any atom is -0.422 e. The van der Waals surface area contributed by atoms with Crippen LogP contribution in [0.15, 0.2) is 30.5 Å². The molecular formula is C15H14ClNO2. The fourth-order valence-corrected chi connectivity index (χ4v) is 1.94. The summed E-state index contributed by atoms with van der Waals surface area (Å²) in [5, 5.41) is 0.270. The van der Waals surface area contributed by atoms with Crippen molar-refractivity contribution >= 4 is 17.6 Å². The number of hydrogen-bond acceptors (Lipinski definition) is 3. The van der Waals surface area contributed by atoms with Crippen LogP contribution in [0.1, 0.15) is 27.0 Å². The number of aromatic nitrogens is 1. The highest BCUT2D eigenvalue weighted by molar-refractivity contribution is 6.29. The van der Waals surface area contributed by atoms with Crippen molar-refractivity contribution in [2.75, 3.05) is 0 Å². The largest absolute Gasteiger partial charge is 0.422 e. The van der Waals surface area contributed by atoms with Gasteiger partial charge < -0.3 is 4.74 Å². The SMILES string of the molecule is Cc1ccc(C)c(OC(=O)c2ccnc(Cl)c2)c1C. The normalized spacial score (nSPS) is 10.3. The van der Waals surface area contributed by atoms with Crippen molar-refractivity contribution in [3.63, 3.8) is 0 Å². The van der Waals surface area contributed by atoms with Gasteiger partial charge in [-0.2, -0.15) is 0 Å². The van der Waals surface area contributed by atoms with Gasteiger partial charge in [-0.25, -0.2) is 9.78 Å². The van der Waals surface area contributed by atoms with Crippen molar-refractivity contribution in [2.24, 2.45) is 0 Å². The van der Waals surface area contributed by atoms with Crippen LogP contribution in [-0.4, -0.2) is 11.0 Å². The standard InChI is InChI=1S/C15H14ClNO2/c1-9-4-5-10(2)14(11(9)3)19-15(18)12-6-7-17-13(16)8-12/h4-8H,1-3H3. The van der Waals surface area contributed by atoms with Crippen LogP contribution in [-0.2, 0) is 0 Å². The van der Waals surface area contributed by atoms with Crippen LogP contribution in [0, 0.1) is 20.8 Å². The van der Waals surface area contributed by atoms with E-state index in [1.165, 1.54) is 12.3 Å². The van der Waals surface area contributed by atoms with Crippen LogP contribution in [0.5, 0.6) is 5.75 Å². The van der Waals surface area contributed by atoms with E-state index in [1.54, 1.807) is 6.07 Å². The fraction of sp³-hybridized carbons (Fsp3) is 0.200. The maximum absolute atomic E-state index is 12.1. The molecule has 1 aromatic carbocycles. The van der Waals surface area contributed by atoms with Gasteiger partial charge in [-0.15, -0.1) is 0 Å². The number of halogens is 1. The van der Waals surface area contributed by atoms with Crippen LogP contribution in [0.4, 0.5) is 0 Å². The number of rotatable bonds is 2. The molecule has 0 bridgehead atoms. The Balaban J connectivity index is 2.32. The van der Waals surface area contributed by atoms with E-state index in [2.05, 4.69) is 4.98 Å². The number of nitrogens with zero attached hydrogens (tertiary/aromatic N) is 1. The smallest absolute Gasteiger partial charge is 0.343 e. The van der Waals surface area contributed by atoms with E-state index < -0.39 is 5.97 Å². The molecular weight excluding hydrogens is 262 g/mol. The van der Waals surface area contributed by atoms with Gasteiger partial charge in [0, 0.05) is 6.20 Å². The molecule has 1 aromatic heterocycles. The summed E-state index contributed by atoms with van der Waals surface area (Å²) in [5.41, 5.74) is 3.37. The van der Waals surface area contributed by atoms with Gasteiger partial charge >= 0.3 is 5.97 Å². The summed E-state index contributed by atoms with van der Waals surface area (Å²) < 4.78 is 5.47. The molecule has 0 saturated carbocycles. The molecule has 2 aromatic rings. The van der Waals surface area contributed by atoms with Crippen LogP contribution >= 0.6 is 11.6 Å². The predicted octanol–water partition coefficient (Wildman–Crippen LogP) is 3.88. The first kappa shape index (κ1) is 13.6. The number of esters is 1. The van der Waals surface area contributed by atoms with Crippen molar-refractivity contribution in [1.82, 2.24) is 4.98 Å². The molecule has 0 aliphatic rings. The first-order valence-corrected chi connectivity index (χ1v) is 6.27.